The SMILES string of the molecule is COC(=O)C[C@@H]1C[C@@]2(CO2)[C@H](O)[C@@H](/C=C/C(C)=C/C[C@@H]2O[C@H](C)[C@H](NC(=O)/C=C\C(C)C(=O)C=C(N)OC)C[C@@H]2C)O1. The molecule has 1 amide bonds. The number of epoxide rings is 1. The van der Waals surface area contributed by atoms with Gasteiger partial charge in [-0.25, -0.2) is 0 Å². The summed E-state index contributed by atoms with van der Waals surface area (Å²) in [6.45, 7) is 8.14. The molecule has 3 heterocycles. The van der Waals surface area contributed by atoms with E-state index in [-0.39, 0.29) is 60.2 Å². The van der Waals surface area contributed by atoms with Gasteiger partial charge in [-0.2, -0.15) is 0 Å². The average molecular weight is 591 g/mol. The highest BCUT2D eigenvalue weighted by Gasteiger charge is 2.58. The molecule has 0 aromatic rings. The highest BCUT2D eigenvalue weighted by molar-refractivity contribution is 5.94. The Kier molecular flexibility index (Phi) is 11.9. The molecular formula is C31H46N2O9. The summed E-state index contributed by atoms with van der Waals surface area (Å²) < 4.78 is 27.4. The Morgan fingerprint density at radius 2 is 1.88 bits per heavy atom. The standard InChI is InChI=1S/C31H46N2O9/c1-18(8-11-26-30(37)31(17-40-31)16-22(42-26)14-29(36)39-6)7-10-25-20(3)13-23(21(4)41-25)33-28(35)12-9-19(2)24(34)15-27(32)38-5/h7-9,11-12,15,19-23,25-26,30,37H,10,13-14,16-17,32H2,1-6H3,(H,33,35)/b11-8+,12-9-,18-7+,27-15?/t19?,20-,21+,22+,23+,25-,26+,30+,31+/m0/s1. The van der Waals surface area contributed by atoms with Gasteiger partial charge in [0.2, 0.25) is 5.91 Å². The van der Waals surface area contributed by atoms with Gasteiger partial charge in [-0.05, 0) is 38.7 Å². The summed E-state index contributed by atoms with van der Waals surface area (Å²) in [5, 5.41) is 13.8. The number of allylic oxidation sites excluding steroid dienone is 4. The molecule has 3 aliphatic rings. The van der Waals surface area contributed by atoms with Gasteiger partial charge in [-0.1, -0.05) is 43.7 Å². The molecule has 4 N–H and O–H groups in total. The number of aliphatic hydroxyl groups excluding tert-OH is 1. The smallest absolute Gasteiger partial charge is 0.308 e. The Bertz CT molecular complexity index is 1090. The summed E-state index contributed by atoms with van der Waals surface area (Å²) in [5.74, 6) is -1.21. The number of methoxy groups -OCH3 is 2. The zero-order valence-corrected chi connectivity index (χ0v) is 25.4. The molecule has 3 saturated heterocycles. The molecule has 0 aliphatic carbocycles. The lowest BCUT2D eigenvalue weighted by Crippen LogP contribution is -2.50. The number of nitrogens with two attached hydrogens (primary N) is 1. The van der Waals surface area contributed by atoms with Gasteiger partial charge in [0.1, 0.15) is 17.8 Å². The van der Waals surface area contributed by atoms with E-state index in [0.29, 0.717) is 19.4 Å². The lowest BCUT2D eigenvalue weighted by Gasteiger charge is -2.39. The van der Waals surface area contributed by atoms with Crippen LogP contribution in [0.15, 0.2) is 47.9 Å². The molecule has 3 rings (SSSR count). The molecule has 0 aromatic heterocycles. The van der Waals surface area contributed by atoms with E-state index in [9.17, 15) is 19.5 Å². The molecule has 0 aromatic carbocycles. The van der Waals surface area contributed by atoms with Crippen LogP contribution >= 0.6 is 0 Å². The maximum atomic E-state index is 12.5. The number of carbonyl (C=O) groups excluding carboxylic acids is 3. The van der Waals surface area contributed by atoms with Crippen molar-refractivity contribution >= 4 is 17.7 Å². The minimum Gasteiger partial charge on any atom is -0.483 e. The monoisotopic (exact) mass is 590 g/mol. The van der Waals surface area contributed by atoms with Crippen molar-refractivity contribution in [2.75, 3.05) is 20.8 Å². The number of nitrogens with one attached hydrogen (secondary N) is 1. The van der Waals surface area contributed by atoms with Crippen LogP contribution < -0.4 is 11.1 Å². The number of aliphatic hydroxyl groups is 1. The highest BCUT2D eigenvalue weighted by atomic mass is 16.6. The molecule has 42 heavy (non-hydrogen) atoms. The van der Waals surface area contributed by atoms with E-state index >= 15 is 0 Å². The summed E-state index contributed by atoms with van der Waals surface area (Å²) >= 11 is 0. The second-order valence-corrected chi connectivity index (χ2v) is 11.6. The maximum absolute atomic E-state index is 12.5. The molecule has 11 heteroatoms. The number of rotatable bonds is 12. The fourth-order valence-electron chi connectivity index (χ4n) is 5.29. The number of carbonyl (C=O) groups is 3. The van der Waals surface area contributed by atoms with Gasteiger partial charge in [-0.15, -0.1) is 0 Å². The van der Waals surface area contributed by atoms with Crippen molar-refractivity contribution in [3.63, 3.8) is 0 Å². The van der Waals surface area contributed by atoms with Crippen LogP contribution in [0.2, 0.25) is 0 Å². The number of ketones is 1. The van der Waals surface area contributed by atoms with Gasteiger partial charge in [0.15, 0.2) is 11.7 Å². The summed E-state index contributed by atoms with van der Waals surface area (Å²) in [6.07, 6.45) is 9.91. The molecule has 1 unspecified atom stereocenters. The van der Waals surface area contributed by atoms with E-state index in [2.05, 4.69) is 18.3 Å². The molecule has 0 radical (unpaired) electrons. The maximum Gasteiger partial charge on any atom is 0.308 e. The van der Waals surface area contributed by atoms with Crippen molar-refractivity contribution in [1.29, 1.82) is 0 Å². The largest absolute Gasteiger partial charge is 0.483 e. The highest BCUT2D eigenvalue weighted by Crippen LogP contribution is 2.43. The number of ether oxygens (including phenoxy) is 5. The molecule has 234 valence electrons. The van der Waals surface area contributed by atoms with Crippen molar-refractivity contribution in [3.05, 3.63) is 47.9 Å². The molecular weight excluding hydrogens is 544 g/mol. The molecule has 0 bridgehead atoms. The van der Waals surface area contributed by atoms with Crippen LogP contribution in [0.25, 0.3) is 0 Å². The summed E-state index contributed by atoms with van der Waals surface area (Å²) in [5.41, 5.74) is 5.85. The van der Waals surface area contributed by atoms with E-state index < -0.39 is 23.7 Å². The van der Waals surface area contributed by atoms with E-state index in [1.165, 1.54) is 32.4 Å². The molecule has 0 saturated carbocycles. The first-order valence-electron chi connectivity index (χ1n) is 14.5. The van der Waals surface area contributed by atoms with Gasteiger partial charge in [-0.3, -0.25) is 14.4 Å². The first kappa shape index (κ1) is 33.5. The van der Waals surface area contributed by atoms with Crippen molar-refractivity contribution in [2.45, 2.75) is 95.5 Å². The van der Waals surface area contributed by atoms with Gasteiger partial charge >= 0.3 is 5.97 Å². The Hall–Kier alpha value is -2.99. The third kappa shape index (κ3) is 9.26. The Morgan fingerprint density at radius 3 is 2.52 bits per heavy atom. The van der Waals surface area contributed by atoms with E-state index in [4.69, 9.17) is 29.4 Å². The van der Waals surface area contributed by atoms with Crippen LogP contribution in [-0.2, 0) is 38.1 Å². The molecule has 11 nitrogen and oxygen atoms in total. The molecule has 3 fully saturated rings. The van der Waals surface area contributed by atoms with Crippen LogP contribution in [0.1, 0.15) is 53.4 Å². The predicted octanol–water partition coefficient (Wildman–Crippen LogP) is 2.24. The third-order valence-electron chi connectivity index (χ3n) is 8.18. The number of hydrogen-bond acceptors (Lipinski definition) is 10. The topological polar surface area (TPSA) is 159 Å². The van der Waals surface area contributed by atoms with Crippen LogP contribution in [-0.4, -0.2) is 85.8 Å². The van der Waals surface area contributed by atoms with Crippen LogP contribution in [0.4, 0.5) is 0 Å². The average Bonchev–Trinajstić information content (AvgIpc) is 3.73. The number of hydrogen-bond donors (Lipinski definition) is 3. The second-order valence-electron chi connectivity index (χ2n) is 11.6. The second kappa shape index (κ2) is 15.0. The van der Waals surface area contributed by atoms with Crippen molar-refractivity contribution in [1.82, 2.24) is 5.32 Å². The van der Waals surface area contributed by atoms with Crippen molar-refractivity contribution in [2.24, 2.45) is 17.6 Å². The summed E-state index contributed by atoms with van der Waals surface area (Å²) in [6, 6.07) is -0.159. The molecule has 9 atom stereocenters. The predicted molar refractivity (Wildman–Crippen MR) is 155 cm³/mol. The van der Waals surface area contributed by atoms with Crippen molar-refractivity contribution in [3.8, 4) is 0 Å². The van der Waals surface area contributed by atoms with Gasteiger partial charge < -0.3 is 39.8 Å². The van der Waals surface area contributed by atoms with Gasteiger partial charge in [0.25, 0.3) is 0 Å². The molecule has 1 spiro atoms. The lowest BCUT2D eigenvalue weighted by atomic mass is 9.87. The Morgan fingerprint density at radius 1 is 1.17 bits per heavy atom. The normalized spacial score (nSPS) is 34.4. The minimum absolute atomic E-state index is 0.0201. The van der Waals surface area contributed by atoms with Crippen molar-refractivity contribution < 1.29 is 43.2 Å². The summed E-state index contributed by atoms with van der Waals surface area (Å²) in [7, 11) is 2.72. The fraction of sp³-hybridized carbons (Fsp3) is 0.645. The quantitative estimate of drug-likeness (QED) is 0.101. The zero-order chi connectivity index (χ0) is 31.0. The Balaban J connectivity index is 1.50. The first-order valence-corrected chi connectivity index (χ1v) is 14.5. The van der Waals surface area contributed by atoms with E-state index in [1.54, 1.807) is 6.92 Å². The minimum atomic E-state index is -0.810. The lowest BCUT2D eigenvalue weighted by molar-refractivity contribution is -0.157. The van der Waals surface area contributed by atoms with Crippen LogP contribution in [0.5, 0.6) is 0 Å². The van der Waals surface area contributed by atoms with Crippen LogP contribution in [0.3, 0.4) is 0 Å². The summed E-state index contributed by atoms with van der Waals surface area (Å²) in [4.78, 5) is 36.4. The van der Waals surface area contributed by atoms with Gasteiger partial charge in [0.05, 0.1) is 51.6 Å². The van der Waals surface area contributed by atoms with E-state index in [1.807, 2.05) is 26.0 Å². The van der Waals surface area contributed by atoms with Crippen LogP contribution in [0, 0.1) is 11.8 Å². The first-order chi connectivity index (χ1) is 19.9. The number of esters is 1. The fourth-order valence-corrected chi connectivity index (χ4v) is 5.29. The van der Waals surface area contributed by atoms with Gasteiger partial charge in [0, 0.05) is 18.4 Å². The third-order valence-corrected chi connectivity index (χ3v) is 8.18. The Labute approximate surface area is 248 Å². The van der Waals surface area contributed by atoms with E-state index in [0.717, 1.165) is 12.0 Å². The molecule has 3 aliphatic heterocycles. The number of amides is 1. The zero-order valence-electron chi connectivity index (χ0n) is 25.4.